The van der Waals surface area contributed by atoms with Crippen molar-refractivity contribution in [2.75, 3.05) is 0 Å². The Morgan fingerprint density at radius 2 is 0.767 bits per heavy atom. The molecule has 0 bridgehead atoms. The van der Waals surface area contributed by atoms with Crippen LogP contribution in [0.3, 0.4) is 0 Å². The quantitative estimate of drug-likeness (QED) is 0.214. The molecule has 0 spiro atoms. The fourth-order valence-electron chi connectivity index (χ4n) is 2.76. The standard InChI is InChI=1S/C28H36O15/c1-14(29)22(30)38-16(3)24(32)40-18(5)26(34)42-20(7)28(36)43-19(6)27(35)41-17(4)25(33)39-15(2)23(31)37-13-21-11-9-8-10-12-21/h8-12,14-20,29H,13H2,1-7H3/t14-,15+,16+,17+,18+,19+,20+/m0/s1. The summed E-state index contributed by atoms with van der Waals surface area (Å²) in [6, 6.07) is 8.81. The average Bonchev–Trinajstić information content (AvgIpc) is 2.95. The van der Waals surface area contributed by atoms with Gasteiger partial charge in [0.2, 0.25) is 0 Å². The van der Waals surface area contributed by atoms with E-state index in [1.807, 2.05) is 0 Å². The predicted octanol–water partition coefficient (Wildman–Crippen LogP) is 0.701. The van der Waals surface area contributed by atoms with Crippen LogP contribution < -0.4 is 0 Å². The summed E-state index contributed by atoms with van der Waals surface area (Å²) in [4.78, 5) is 84.5. The molecule has 0 aliphatic heterocycles. The van der Waals surface area contributed by atoms with Gasteiger partial charge in [-0.15, -0.1) is 0 Å². The maximum atomic E-state index is 12.3. The third-order valence-electron chi connectivity index (χ3n) is 5.31. The number of hydrogen-bond donors (Lipinski definition) is 1. The highest BCUT2D eigenvalue weighted by atomic mass is 16.7. The highest BCUT2D eigenvalue weighted by molar-refractivity contribution is 5.87. The lowest BCUT2D eigenvalue weighted by Gasteiger charge is -2.20. The van der Waals surface area contributed by atoms with Crippen molar-refractivity contribution >= 4 is 41.8 Å². The Morgan fingerprint density at radius 3 is 1.07 bits per heavy atom. The van der Waals surface area contributed by atoms with Crippen molar-refractivity contribution in [1.82, 2.24) is 0 Å². The van der Waals surface area contributed by atoms with Crippen molar-refractivity contribution in [2.24, 2.45) is 0 Å². The first-order valence-electron chi connectivity index (χ1n) is 13.1. The van der Waals surface area contributed by atoms with Crippen LogP contribution in [0.15, 0.2) is 30.3 Å². The van der Waals surface area contributed by atoms with Crippen LogP contribution in [-0.4, -0.2) is 89.6 Å². The lowest BCUT2D eigenvalue weighted by Crippen LogP contribution is -2.39. The molecular formula is C28H36O15. The molecule has 238 valence electrons. The number of carbonyl (C=O) groups excluding carboxylic acids is 7. The molecule has 0 aliphatic carbocycles. The lowest BCUT2D eigenvalue weighted by atomic mass is 10.2. The molecule has 0 radical (unpaired) electrons. The second-order valence-electron chi connectivity index (χ2n) is 9.24. The lowest BCUT2D eigenvalue weighted by molar-refractivity contribution is -0.188. The minimum atomic E-state index is -1.56. The molecule has 0 aliphatic rings. The number of benzene rings is 1. The summed E-state index contributed by atoms with van der Waals surface area (Å²) < 4.78 is 34.3. The molecule has 15 heteroatoms. The molecular weight excluding hydrogens is 576 g/mol. The summed E-state index contributed by atoms with van der Waals surface area (Å²) in [5.41, 5.74) is 0.728. The van der Waals surface area contributed by atoms with Crippen LogP contribution in [0, 0.1) is 0 Å². The maximum absolute atomic E-state index is 12.3. The van der Waals surface area contributed by atoms with Crippen LogP contribution in [0.4, 0.5) is 0 Å². The fourth-order valence-corrected chi connectivity index (χ4v) is 2.76. The van der Waals surface area contributed by atoms with Gasteiger partial charge in [-0.1, -0.05) is 30.3 Å². The molecule has 1 rings (SSSR count). The molecule has 7 atom stereocenters. The Hall–Kier alpha value is -4.53. The number of aliphatic hydroxyl groups excluding tert-OH is 1. The second kappa shape index (κ2) is 17.4. The van der Waals surface area contributed by atoms with Crippen LogP contribution >= 0.6 is 0 Å². The molecule has 0 aromatic heterocycles. The Morgan fingerprint density at radius 1 is 0.488 bits per heavy atom. The zero-order valence-electron chi connectivity index (χ0n) is 24.8. The normalized spacial score (nSPS) is 15.5. The number of ether oxygens (including phenoxy) is 7. The molecule has 1 N–H and O–H groups in total. The third kappa shape index (κ3) is 12.9. The molecule has 43 heavy (non-hydrogen) atoms. The summed E-state index contributed by atoms with van der Waals surface area (Å²) >= 11 is 0. The van der Waals surface area contributed by atoms with Gasteiger partial charge in [-0.25, -0.2) is 33.6 Å². The van der Waals surface area contributed by atoms with Gasteiger partial charge < -0.3 is 38.3 Å². The molecule has 0 saturated carbocycles. The number of hydrogen-bond acceptors (Lipinski definition) is 15. The van der Waals surface area contributed by atoms with Gasteiger partial charge in [0, 0.05) is 0 Å². The predicted molar refractivity (Wildman–Crippen MR) is 141 cm³/mol. The topological polar surface area (TPSA) is 204 Å². The first kappa shape index (κ1) is 36.5. The number of aliphatic hydroxyl groups is 1. The summed E-state index contributed by atoms with van der Waals surface area (Å²) in [7, 11) is 0. The van der Waals surface area contributed by atoms with E-state index in [2.05, 4.69) is 4.74 Å². The molecule has 0 fully saturated rings. The van der Waals surface area contributed by atoms with E-state index in [1.165, 1.54) is 13.8 Å². The van der Waals surface area contributed by atoms with Gasteiger partial charge in [0.25, 0.3) is 0 Å². The Labute approximate surface area is 247 Å². The minimum absolute atomic E-state index is 0.0338. The van der Waals surface area contributed by atoms with Crippen LogP contribution in [-0.2, 0) is 73.3 Å². The molecule has 0 heterocycles. The summed E-state index contributed by atoms with van der Waals surface area (Å²) in [6.07, 6.45) is -10.3. The Balaban J connectivity index is 2.49. The van der Waals surface area contributed by atoms with Crippen molar-refractivity contribution in [1.29, 1.82) is 0 Å². The second-order valence-corrected chi connectivity index (χ2v) is 9.24. The van der Waals surface area contributed by atoms with Crippen molar-refractivity contribution in [3.05, 3.63) is 35.9 Å². The van der Waals surface area contributed by atoms with E-state index in [1.54, 1.807) is 30.3 Å². The van der Waals surface area contributed by atoms with Gasteiger partial charge in [0.1, 0.15) is 12.7 Å². The molecule has 1 aromatic carbocycles. The van der Waals surface area contributed by atoms with Crippen LogP contribution in [0.25, 0.3) is 0 Å². The van der Waals surface area contributed by atoms with E-state index in [0.717, 1.165) is 40.2 Å². The monoisotopic (exact) mass is 612 g/mol. The van der Waals surface area contributed by atoms with Crippen molar-refractivity contribution in [3.8, 4) is 0 Å². The Kier molecular flexibility index (Phi) is 14.8. The van der Waals surface area contributed by atoms with Gasteiger partial charge in [0.15, 0.2) is 36.6 Å². The van der Waals surface area contributed by atoms with Crippen LogP contribution in [0.1, 0.15) is 54.0 Å². The summed E-state index contributed by atoms with van der Waals surface area (Å²) in [6.45, 7) is 8.10. The van der Waals surface area contributed by atoms with Gasteiger partial charge in [-0.2, -0.15) is 0 Å². The zero-order chi connectivity index (χ0) is 32.9. The molecule has 0 amide bonds. The van der Waals surface area contributed by atoms with Crippen molar-refractivity contribution in [3.63, 3.8) is 0 Å². The fraction of sp³-hybridized carbons (Fsp3) is 0.536. The van der Waals surface area contributed by atoms with E-state index >= 15 is 0 Å². The highest BCUT2D eigenvalue weighted by Crippen LogP contribution is 2.09. The van der Waals surface area contributed by atoms with Gasteiger partial charge >= 0.3 is 41.8 Å². The molecule has 0 unspecified atom stereocenters. The van der Waals surface area contributed by atoms with E-state index in [4.69, 9.17) is 33.5 Å². The number of rotatable bonds is 15. The summed E-state index contributed by atoms with van der Waals surface area (Å²) in [5.74, 6) is -7.54. The highest BCUT2D eigenvalue weighted by Gasteiger charge is 2.32. The molecule has 1 aromatic rings. The van der Waals surface area contributed by atoms with E-state index in [-0.39, 0.29) is 6.61 Å². The van der Waals surface area contributed by atoms with Gasteiger partial charge in [-0.3, -0.25) is 0 Å². The van der Waals surface area contributed by atoms with E-state index < -0.39 is 84.5 Å². The maximum Gasteiger partial charge on any atom is 0.347 e. The van der Waals surface area contributed by atoms with Gasteiger partial charge in [-0.05, 0) is 54.0 Å². The number of esters is 7. The van der Waals surface area contributed by atoms with Crippen LogP contribution in [0.2, 0.25) is 0 Å². The van der Waals surface area contributed by atoms with Crippen LogP contribution in [0.5, 0.6) is 0 Å². The first-order valence-corrected chi connectivity index (χ1v) is 13.1. The Bertz CT molecular complexity index is 1150. The first-order chi connectivity index (χ1) is 20.0. The smallest absolute Gasteiger partial charge is 0.347 e. The van der Waals surface area contributed by atoms with E-state index in [9.17, 15) is 33.6 Å². The average molecular weight is 613 g/mol. The molecule has 0 saturated heterocycles. The SMILES string of the molecule is C[C@H](O)C(=O)O[C@H](C)C(=O)O[C@H](C)C(=O)O[C@H](C)C(=O)O[C@H](C)C(=O)O[C@H](C)C(=O)O[C@H](C)C(=O)OCc1ccccc1. The molecule has 15 nitrogen and oxygen atoms in total. The van der Waals surface area contributed by atoms with Crippen molar-refractivity contribution < 1.29 is 71.8 Å². The van der Waals surface area contributed by atoms with Crippen molar-refractivity contribution in [2.45, 2.75) is 97.8 Å². The largest absolute Gasteiger partial charge is 0.458 e. The van der Waals surface area contributed by atoms with Gasteiger partial charge in [0.05, 0.1) is 0 Å². The third-order valence-corrected chi connectivity index (χ3v) is 5.31. The number of carbonyl (C=O) groups is 7. The summed E-state index contributed by atoms with van der Waals surface area (Å²) in [5, 5.41) is 9.12. The zero-order valence-corrected chi connectivity index (χ0v) is 24.8. The minimum Gasteiger partial charge on any atom is -0.458 e. The van der Waals surface area contributed by atoms with E-state index in [0.29, 0.717) is 0 Å².